The Balaban J connectivity index is 2.92. The predicted octanol–water partition coefficient (Wildman–Crippen LogP) is 1.64. The summed E-state index contributed by atoms with van der Waals surface area (Å²) >= 11 is 5.91. The summed E-state index contributed by atoms with van der Waals surface area (Å²) < 4.78 is 9.89. The molecule has 0 radical (unpaired) electrons. The number of rotatable bonds is 5. The minimum absolute atomic E-state index is 0.225. The number of methoxy groups -OCH3 is 2. The maximum atomic E-state index is 11.5. The number of halogens is 1. The second-order valence-corrected chi connectivity index (χ2v) is 4.05. The monoisotopic (exact) mass is 257 g/mol. The number of carbonyl (C=O) groups excluding carboxylic acids is 1. The highest BCUT2D eigenvalue weighted by atomic mass is 35.5. The van der Waals surface area contributed by atoms with Crippen LogP contribution in [0.3, 0.4) is 0 Å². The van der Waals surface area contributed by atoms with Crippen LogP contribution in [0.15, 0.2) is 18.2 Å². The van der Waals surface area contributed by atoms with Crippen LogP contribution in [0.25, 0.3) is 0 Å². The van der Waals surface area contributed by atoms with Crippen LogP contribution >= 0.6 is 11.6 Å². The third-order valence-electron chi connectivity index (χ3n) is 2.53. The van der Waals surface area contributed by atoms with Gasteiger partial charge in [-0.25, -0.2) is 0 Å². The molecule has 1 aromatic carbocycles. The minimum Gasteiger partial charge on any atom is -0.496 e. The largest absolute Gasteiger partial charge is 0.496 e. The normalized spacial score (nSPS) is 12.0. The van der Waals surface area contributed by atoms with E-state index >= 15 is 0 Å². The van der Waals surface area contributed by atoms with Crippen molar-refractivity contribution in [3.63, 3.8) is 0 Å². The summed E-state index contributed by atoms with van der Waals surface area (Å²) in [6.07, 6.45) is 0.451. The highest BCUT2D eigenvalue weighted by Gasteiger charge is 2.19. The molecule has 0 aliphatic heterocycles. The molecule has 4 nitrogen and oxygen atoms in total. The average molecular weight is 258 g/mol. The lowest BCUT2D eigenvalue weighted by molar-refractivity contribution is -0.145. The first-order chi connectivity index (χ1) is 8.12. The molecule has 0 spiro atoms. The van der Waals surface area contributed by atoms with Crippen LogP contribution in [0.2, 0.25) is 5.02 Å². The second-order valence-electron chi connectivity index (χ2n) is 3.62. The Morgan fingerprint density at radius 1 is 1.47 bits per heavy atom. The van der Waals surface area contributed by atoms with E-state index in [0.717, 1.165) is 5.56 Å². The summed E-state index contributed by atoms with van der Waals surface area (Å²) in [6.45, 7) is 0.225. The van der Waals surface area contributed by atoms with Crippen LogP contribution in [0.1, 0.15) is 5.56 Å². The van der Waals surface area contributed by atoms with E-state index in [4.69, 9.17) is 22.1 Å². The van der Waals surface area contributed by atoms with Gasteiger partial charge in [0.2, 0.25) is 0 Å². The molecule has 0 aromatic heterocycles. The molecule has 0 fully saturated rings. The Kier molecular flexibility index (Phi) is 5.25. The number of ether oxygens (including phenoxy) is 2. The van der Waals surface area contributed by atoms with Crippen LogP contribution in [-0.2, 0) is 16.0 Å². The van der Waals surface area contributed by atoms with Gasteiger partial charge >= 0.3 is 5.97 Å². The molecule has 0 bridgehead atoms. The maximum absolute atomic E-state index is 11.5. The van der Waals surface area contributed by atoms with Gasteiger partial charge in [0.15, 0.2) is 0 Å². The van der Waals surface area contributed by atoms with E-state index in [1.165, 1.54) is 7.11 Å². The average Bonchev–Trinajstić information content (AvgIpc) is 2.35. The zero-order valence-electron chi connectivity index (χ0n) is 9.90. The lowest BCUT2D eigenvalue weighted by atomic mass is 9.99. The molecular formula is C12H16ClNO3. The van der Waals surface area contributed by atoms with Gasteiger partial charge in [-0.1, -0.05) is 11.6 Å². The molecule has 2 N–H and O–H groups in total. The molecule has 17 heavy (non-hydrogen) atoms. The van der Waals surface area contributed by atoms with Crippen molar-refractivity contribution in [1.82, 2.24) is 0 Å². The van der Waals surface area contributed by atoms with Gasteiger partial charge in [0.1, 0.15) is 5.75 Å². The predicted molar refractivity (Wildman–Crippen MR) is 66.3 cm³/mol. The van der Waals surface area contributed by atoms with Gasteiger partial charge < -0.3 is 15.2 Å². The zero-order valence-corrected chi connectivity index (χ0v) is 10.7. The molecule has 0 aliphatic rings. The summed E-state index contributed by atoms with van der Waals surface area (Å²) in [5.74, 6) is -0.0151. The van der Waals surface area contributed by atoms with Crippen molar-refractivity contribution < 1.29 is 14.3 Å². The standard InChI is InChI=1S/C12H16ClNO3/c1-16-11-4-3-10(13)6-8(11)5-9(7-14)12(15)17-2/h3-4,6,9H,5,7,14H2,1-2H3/t9-/m0/s1. The summed E-state index contributed by atoms with van der Waals surface area (Å²) in [7, 11) is 2.92. The Labute approximate surface area is 106 Å². The van der Waals surface area contributed by atoms with Gasteiger partial charge in [0.05, 0.1) is 20.1 Å². The number of nitrogens with two attached hydrogens (primary N) is 1. The van der Waals surface area contributed by atoms with Crippen molar-refractivity contribution >= 4 is 17.6 Å². The van der Waals surface area contributed by atoms with Crippen LogP contribution < -0.4 is 10.5 Å². The summed E-state index contributed by atoms with van der Waals surface area (Å²) in [4.78, 5) is 11.5. The van der Waals surface area contributed by atoms with Crippen LogP contribution in [0.4, 0.5) is 0 Å². The van der Waals surface area contributed by atoms with Gasteiger partial charge in [-0.2, -0.15) is 0 Å². The van der Waals surface area contributed by atoms with Crippen molar-refractivity contribution in [2.24, 2.45) is 11.7 Å². The molecule has 1 aromatic rings. The van der Waals surface area contributed by atoms with E-state index in [-0.39, 0.29) is 18.4 Å². The first-order valence-electron chi connectivity index (χ1n) is 5.22. The minimum atomic E-state index is -0.382. The van der Waals surface area contributed by atoms with Gasteiger partial charge in [0.25, 0.3) is 0 Å². The molecule has 5 heteroatoms. The Morgan fingerprint density at radius 2 is 2.18 bits per heavy atom. The van der Waals surface area contributed by atoms with Gasteiger partial charge in [-0.3, -0.25) is 4.79 Å². The van der Waals surface area contributed by atoms with E-state index in [1.807, 2.05) is 0 Å². The molecule has 0 aliphatic carbocycles. The molecule has 0 saturated carbocycles. The van der Waals surface area contributed by atoms with Crippen LogP contribution in [-0.4, -0.2) is 26.7 Å². The number of carbonyl (C=O) groups is 1. The van der Waals surface area contributed by atoms with Gasteiger partial charge in [0, 0.05) is 11.6 Å². The third kappa shape index (κ3) is 3.61. The number of benzene rings is 1. The fraction of sp³-hybridized carbons (Fsp3) is 0.417. The molecule has 0 amide bonds. The van der Waals surface area contributed by atoms with Crippen molar-refractivity contribution in [3.05, 3.63) is 28.8 Å². The highest BCUT2D eigenvalue weighted by Crippen LogP contribution is 2.25. The molecule has 1 atom stereocenters. The van der Waals surface area contributed by atoms with Crippen molar-refractivity contribution in [2.75, 3.05) is 20.8 Å². The summed E-state index contributed by atoms with van der Waals surface area (Å²) in [5.41, 5.74) is 6.40. The second kappa shape index (κ2) is 6.47. The fourth-order valence-corrected chi connectivity index (χ4v) is 1.80. The molecule has 0 saturated heterocycles. The summed E-state index contributed by atoms with van der Waals surface area (Å²) in [5, 5.41) is 0.599. The molecule has 1 rings (SSSR count). The van der Waals surface area contributed by atoms with E-state index in [2.05, 4.69) is 4.74 Å². The Morgan fingerprint density at radius 3 is 2.71 bits per heavy atom. The first-order valence-corrected chi connectivity index (χ1v) is 5.60. The Hall–Kier alpha value is -1.26. The third-order valence-corrected chi connectivity index (χ3v) is 2.76. The maximum Gasteiger partial charge on any atom is 0.310 e. The first kappa shape index (κ1) is 13.8. The van der Waals surface area contributed by atoms with E-state index in [0.29, 0.717) is 17.2 Å². The number of hydrogen-bond acceptors (Lipinski definition) is 4. The smallest absolute Gasteiger partial charge is 0.310 e. The van der Waals surface area contributed by atoms with Gasteiger partial charge in [-0.05, 0) is 30.2 Å². The SMILES string of the molecule is COC(=O)[C@H](CN)Cc1cc(Cl)ccc1OC. The van der Waals surface area contributed by atoms with Gasteiger partial charge in [-0.15, -0.1) is 0 Å². The number of hydrogen-bond donors (Lipinski definition) is 1. The van der Waals surface area contributed by atoms with E-state index < -0.39 is 0 Å². The number of esters is 1. The fourth-order valence-electron chi connectivity index (χ4n) is 1.60. The van der Waals surface area contributed by atoms with Crippen molar-refractivity contribution in [3.8, 4) is 5.75 Å². The van der Waals surface area contributed by atoms with Crippen LogP contribution in [0, 0.1) is 5.92 Å². The lowest BCUT2D eigenvalue weighted by Crippen LogP contribution is -2.27. The molecular weight excluding hydrogens is 242 g/mol. The summed E-state index contributed by atoms with van der Waals surface area (Å²) in [6, 6.07) is 5.27. The quantitative estimate of drug-likeness (QED) is 0.815. The Bertz CT molecular complexity index is 395. The van der Waals surface area contributed by atoms with Crippen LogP contribution in [0.5, 0.6) is 5.75 Å². The molecule has 0 unspecified atom stereocenters. The van der Waals surface area contributed by atoms with Crippen molar-refractivity contribution in [1.29, 1.82) is 0 Å². The van der Waals surface area contributed by atoms with E-state index in [1.54, 1.807) is 25.3 Å². The topological polar surface area (TPSA) is 61.5 Å². The van der Waals surface area contributed by atoms with E-state index in [9.17, 15) is 4.79 Å². The molecule has 0 heterocycles. The highest BCUT2D eigenvalue weighted by molar-refractivity contribution is 6.30. The molecule has 94 valence electrons. The van der Waals surface area contributed by atoms with Crippen molar-refractivity contribution in [2.45, 2.75) is 6.42 Å². The lowest BCUT2D eigenvalue weighted by Gasteiger charge is -2.14. The zero-order chi connectivity index (χ0) is 12.8.